The van der Waals surface area contributed by atoms with Crippen LogP contribution in [0.25, 0.3) is 10.8 Å². The minimum atomic E-state index is 1.06. The normalized spacial score (nSPS) is 11.2. The van der Waals surface area contributed by atoms with Gasteiger partial charge >= 0.3 is 0 Å². The second-order valence-electron chi connectivity index (χ2n) is 5.14. The van der Waals surface area contributed by atoms with Crippen molar-refractivity contribution in [1.29, 1.82) is 0 Å². The first-order chi connectivity index (χ1) is 9.78. The molecule has 0 aliphatic heterocycles. The average Bonchev–Trinajstić information content (AvgIpc) is 2.51. The molecule has 0 saturated carbocycles. The fourth-order valence-electron chi connectivity index (χ4n) is 2.65. The molecule has 0 bridgehead atoms. The number of likely N-dealkylation sites (N-methyl/N-ethyl adjacent to an activating group) is 2. The number of nitrogens with zero attached hydrogens (tertiary/aromatic N) is 2. The van der Waals surface area contributed by atoms with Crippen LogP contribution in [0.5, 0.6) is 0 Å². The molecule has 0 heterocycles. The summed E-state index contributed by atoms with van der Waals surface area (Å²) in [6.45, 7) is 12.2. The predicted octanol–water partition coefficient (Wildman–Crippen LogP) is 4.01. The van der Waals surface area contributed by atoms with Gasteiger partial charge in [-0.25, -0.2) is 0 Å². The van der Waals surface area contributed by atoms with E-state index in [1.165, 1.54) is 16.5 Å². The van der Waals surface area contributed by atoms with Crippen molar-refractivity contribution in [2.45, 2.75) is 20.8 Å². The lowest BCUT2D eigenvalue weighted by Crippen LogP contribution is -2.35. The molecule has 0 N–H and O–H groups in total. The molecule has 2 aromatic carbocycles. The zero-order chi connectivity index (χ0) is 14.4. The molecule has 108 valence electrons. The zero-order valence-electron chi connectivity index (χ0n) is 13.0. The maximum absolute atomic E-state index is 2.48. The van der Waals surface area contributed by atoms with Gasteiger partial charge in [0, 0.05) is 25.3 Å². The smallest absolute Gasteiger partial charge is 0.0372 e. The molecule has 0 amide bonds. The van der Waals surface area contributed by atoms with Crippen molar-refractivity contribution < 1.29 is 0 Å². The van der Waals surface area contributed by atoms with Crippen molar-refractivity contribution in [2.24, 2.45) is 0 Å². The van der Waals surface area contributed by atoms with Gasteiger partial charge in [-0.3, -0.25) is 0 Å². The van der Waals surface area contributed by atoms with Crippen LogP contribution in [0.4, 0.5) is 5.69 Å². The Morgan fingerprint density at radius 2 is 1.45 bits per heavy atom. The summed E-state index contributed by atoms with van der Waals surface area (Å²) in [5.41, 5.74) is 1.33. The number of rotatable bonds is 7. The highest BCUT2D eigenvalue weighted by atomic mass is 15.2. The fourth-order valence-corrected chi connectivity index (χ4v) is 2.65. The molecule has 0 unspecified atom stereocenters. The van der Waals surface area contributed by atoms with Gasteiger partial charge in [-0.15, -0.1) is 0 Å². The average molecular weight is 270 g/mol. The van der Waals surface area contributed by atoms with Crippen molar-refractivity contribution in [1.82, 2.24) is 4.90 Å². The van der Waals surface area contributed by atoms with E-state index in [1.807, 2.05) is 0 Å². The molecule has 0 radical (unpaired) electrons. The molecule has 20 heavy (non-hydrogen) atoms. The van der Waals surface area contributed by atoms with Gasteiger partial charge in [-0.1, -0.05) is 44.2 Å². The monoisotopic (exact) mass is 270 g/mol. The lowest BCUT2D eigenvalue weighted by Gasteiger charge is -2.27. The van der Waals surface area contributed by atoms with E-state index in [9.17, 15) is 0 Å². The van der Waals surface area contributed by atoms with E-state index in [0.29, 0.717) is 0 Å². The predicted molar refractivity (Wildman–Crippen MR) is 89.6 cm³/mol. The summed E-state index contributed by atoms with van der Waals surface area (Å²) in [7, 11) is 0. The molecule has 0 spiro atoms. The summed E-state index contributed by atoms with van der Waals surface area (Å²) in [5, 5.41) is 2.64. The Labute approximate surface area is 123 Å². The Kier molecular flexibility index (Phi) is 5.42. The van der Waals surface area contributed by atoms with Crippen molar-refractivity contribution in [3.63, 3.8) is 0 Å². The quantitative estimate of drug-likeness (QED) is 0.750. The molecule has 2 nitrogen and oxygen atoms in total. The van der Waals surface area contributed by atoms with E-state index in [2.05, 4.69) is 73.0 Å². The Morgan fingerprint density at radius 1 is 0.750 bits per heavy atom. The minimum absolute atomic E-state index is 1.06. The highest BCUT2D eigenvalue weighted by molar-refractivity contribution is 5.85. The van der Waals surface area contributed by atoms with E-state index >= 15 is 0 Å². The third-order valence-electron chi connectivity index (χ3n) is 4.06. The SMILES string of the molecule is CCN(CC)CCN(CC)c1ccc2ccccc2c1. The number of hydrogen-bond acceptors (Lipinski definition) is 2. The maximum atomic E-state index is 2.48. The highest BCUT2D eigenvalue weighted by Crippen LogP contribution is 2.21. The lowest BCUT2D eigenvalue weighted by atomic mass is 10.1. The van der Waals surface area contributed by atoms with Crippen LogP contribution in [-0.4, -0.2) is 37.6 Å². The summed E-state index contributed by atoms with van der Waals surface area (Å²) in [6.07, 6.45) is 0. The molecule has 0 aromatic heterocycles. The molecule has 0 aliphatic carbocycles. The molecule has 0 atom stereocenters. The van der Waals surface area contributed by atoms with Gasteiger partial charge in [0.25, 0.3) is 0 Å². The topological polar surface area (TPSA) is 6.48 Å². The largest absolute Gasteiger partial charge is 0.371 e. The van der Waals surface area contributed by atoms with E-state index in [-0.39, 0.29) is 0 Å². The van der Waals surface area contributed by atoms with Gasteiger partial charge in [-0.05, 0) is 42.9 Å². The van der Waals surface area contributed by atoms with Crippen LogP contribution in [0.1, 0.15) is 20.8 Å². The molecular weight excluding hydrogens is 244 g/mol. The van der Waals surface area contributed by atoms with Gasteiger partial charge in [0.05, 0.1) is 0 Å². The van der Waals surface area contributed by atoms with Gasteiger partial charge in [-0.2, -0.15) is 0 Å². The van der Waals surface area contributed by atoms with Crippen molar-refractivity contribution in [2.75, 3.05) is 37.6 Å². The Balaban J connectivity index is 2.12. The van der Waals surface area contributed by atoms with Crippen LogP contribution >= 0.6 is 0 Å². The van der Waals surface area contributed by atoms with Gasteiger partial charge in [0.2, 0.25) is 0 Å². The van der Waals surface area contributed by atoms with E-state index in [4.69, 9.17) is 0 Å². The molecule has 0 fully saturated rings. The summed E-state index contributed by atoms with van der Waals surface area (Å²) in [4.78, 5) is 4.94. The first-order valence-electron chi connectivity index (χ1n) is 7.74. The van der Waals surface area contributed by atoms with Crippen LogP contribution in [0.15, 0.2) is 42.5 Å². The van der Waals surface area contributed by atoms with Crippen LogP contribution in [0, 0.1) is 0 Å². The summed E-state index contributed by atoms with van der Waals surface area (Å²) >= 11 is 0. The first-order valence-corrected chi connectivity index (χ1v) is 7.74. The van der Waals surface area contributed by atoms with E-state index in [0.717, 1.165) is 32.7 Å². The molecule has 2 heteroatoms. The van der Waals surface area contributed by atoms with Gasteiger partial charge < -0.3 is 9.80 Å². The summed E-state index contributed by atoms with van der Waals surface area (Å²) in [6, 6.07) is 15.3. The Morgan fingerprint density at radius 3 is 2.10 bits per heavy atom. The summed E-state index contributed by atoms with van der Waals surface area (Å²) in [5.74, 6) is 0. The van der Waals surface area contributed by atoms with Crippen molar-refractivity contribution in [3.05, 3.63) is 42.5 Å². The van der Waals surface area contributed by atoms with Crippen LogP contribution in [0.2, 0.25) is 0 Å². The third-order valence-corrected chi connectivity index (χ3v) is 4.06. The number of fused-ring (bicyclic) bond motifs is 1. The van der Waals surface area contributed by atoms with Gasteiger partial charge in [0.15, 0.2) is 0 Å². The first kappa shape index (κ1) is 14.9. The maximum Gasteiger partial charge on any atom is 0.0372 e. The molecule has 2 rings (SSSR count). The van der Waals surface area contributed by atoms with Crippen molar-refractivity contribution >= 4 is 16.5 Å². The molecule has 0 saturated heterocycles. The zero-order valence-corrected chi connectivity index (χ0v) is 13.0. The number of anilines is 1. The minimum Gasteiger partial charge on any atom is -0.371 e. The van der Waals surface area contributed by atoms with Crippen LogP contribution in [-0.2, 0) is 0 Å². The number of benzene rings is 2. The molecule has 0 aliphatic rings. The lowest BCUT2D eigenvalue weighted by molar-refractivity contribution is 0.310. The van der Waals surface area contributed by atoms with Gasteiger partial charge in [0.1, 0.15) is 0 Å². The third kappa shape index (κ3) is 3.51. The Bertz CT molecular complexity index is 532. The van der Waals surface area contributed by atoms with E-state index in [1.54, 1.807) is 0 Å². The molecule has 2 aromatic rings. The standard InChI is InChI=1S/C18H26N2/c1-4-19(5-2)13-14-20(6-3)18-12-11-16-9-7-8-10-17(16)15-18/h7-12,15H,4-6,13-14H2,1-3H3. The van der Waals surface area contributed by atoms with E-state index < -0.39 is 0 Å². The Hall–Kier alpha value is -1.54. The van der Waals surface area contributed by atoms with Crippen molar-refractivity contribution in [3.8, 4) is 0 Å². The second kappa shape index (κ2) is 7.30. The fraction of sp³-hybridized carbons (Fsp3) is 0.444. The second-order valence-corrected chi connectivity index (χ2v) is 5.14. The molecular formula is C18H26N2. The van der Waals surface area contributed by atoms with Crippen LogP contribution < -0.4 is 4.90 Å². The highest BCUT2D eigenvalue weighted by Gasteiger charge is 2.07. The number of hydrogen-bond donors (Lipinski definition) is 0. The van der Waals surface area contributed by atoms with Crippen LogP contribution in [0.3, 0.4) is 0 Å². The summed E-state index contributed by atoms with van der Waals surface area (Å²) < 4.78 is 0.